The minimum absolute atomic E-state index is 0.0868. The monoisotopic (exact) mass is 466 g/mol. The maximum Gasteiger partial charge on any atom is 0.295 e. The van der Waals surface area contributed by atoms with Gasteiger partial charge in [0.15, 0.2) is 0 Å². The number of aliphatic hydroxyl groups excluding tert-OH is 1. The zero-order valence-corrected chi connectivity index (χ0v) is 20.6. The van der Waals surface area contributed by atoms with Crippen molar-refractivity contribution in [3.8, 4) is 11.5 Å². The lowest BCUT2D eigenvalue weighted by Crippen LogP contribution is -2.35. The van der Waals surface area contributed by atoms with Crippen molar-refractivity contribution >= 4 is 17.4 Å². The normalized spacial score (nSPS) is 17.6. The SMILES string of the molecule is CCOc1ccc([C@@H]2/C(=C(\O)c3ccc(OCC(C)C)cc3)C(=O)C(=O)N2CCN(C)C)cc1. The summed E-state index contributed by atoms with van der Waals surface area (Å²) in [6.45, 7) is 8.10. The Labute approximate surface area is 201 Å². The van der Waals surface area contributed by atoms with Gasteiger partial charge in [-0.15, -0.1) is 0 Å². The van der Waals surface area contributed by atoms with E-state index in [1.165, 1.54) is 4.90 Å². The number of hydrogen-bond donors (Lipinski definition) is 1. The van der Waals surface area contributed by atoms with E-state index >= 15 is 0 Å². The second kappa shape index (κ2) is 11.2. The Hall–Kier alpha value is -3.32. The van der Waals surface area contributed by atoms with Crippen LogP contribution in [0.4, 0.5) is 0 Å². The number of hydrogen-bond acceptors (Lipinski definition) is 6. The summed E-state index contributed by atoms with van der Waals surface area (Å²) in [5.74, 6) is 0.281. The molecule has 0 aliphatic carbocycles. The molecule has 1 amide bonds. The van der Waals surface area contributed by atoms with Gasteiger partial charge in [-0.25, -0.2) is 0 Å². The minimum Gasteiger partial charge on any atom is -0.507 e. The van der Waals surface area contributed by atoms with E-state index < -0.39 is 17.7 Å². The number of ether oxygens (including phenoxy) is 2. The van der Waals surface area contributed by atoms with Crippen molar-refractivity contribution in [1.82, 2.24) is 9.80 Å². The van der Waals surface area contributed by atoms with Gasteiger partial charge in [0.05, 0.1) is 24.8 Å². The highest BCUT2D eigenvalue weighted by molar-refractivity contribution is 6.46. The molecule has 1 fully saturated rings. The lowest BCUT2D eigenvalue weighted by Gasteiger charge is -2.26. The molecule has 1 saturated heterocycles. The first kappa shape index (κ1) is 25.3. The van der Waals surface area contributed by atoms with E-state index in [1.54, 1.807) is 24.3 Å². The molecule has 1 aliphatic rings. The lowest BCUT2D eigenvalue weighted by atomic mass is 9.95. The maximum absolute atomic E-state index is 13.1. The van der Waals surface area contributed by atoms with Crippen LogP contribution in [0, 0.1) is 5.92 Å². The van der Waals surface area contributed by atoms with E-state index in [9.17, 15) is 14.7 Å². The van der Waals surface area contributed by atoms with E-state index in [0.29, 0.717) is 49.3 Å². The first-order valence-corrected chi connectivity index (χ1v) is 11.6. The lowest BCUT2D eigenvalue weighted by molar-refractivity contribution is -0.140. The number of nitrogens with zero attached hydrogens (tertiary/aromatic N) is 2. The Kier molecular flexibility index (Phi) is 8.34. The zero-order chi connectivity index (χ0) is 24.8. The summed E-state index contributed by atoms with van der Waals surface area (Å²) in [5.41, 5.74) is 1.28. The average molecular weight is 467 g/mol. The summed E-state index contributed by atoms with van der Waals surface area (Å²) in [6.07, 6.45) is 0. The summed E-state index contributed by atoms with van der Waals surface area (Å²) in [6, 6.07) is 13.5. The van der Waals surface area contributed by atoms with Crippen molar-refractivity contribution in [3.05, 3.63) is 65.2 Å². The fraction of sp³-hybridized carbons (Fsp3) is 0.407. The van der Waals surface area contributed by atoms with Gasteiger partial charge in [-0.2, -0.15) is 0 Å². The van der Waals surface area contributed by atoms with Crippen LogP contribution in [-0.4, -0.2) is 67.0 Å². The van der Waals surface area contributed by atoms with Crippen LogP contribution in [0.15, 0.2) is 54.1 Å². The second-order valence-corrected chi connectivity index (χ2v) is 9.03. The van der Waals surface area contributed by atoms with Gasteiger partial charge >= 0.3 is 0 Å². The van der Waals surface area contributed by atoms with E-state index in [1.807, 2.05) is 50.2 Å². The first-order chi connectivity index (χ1) is 16.2. The number of benzene rings is 2. The van der Waals surface area contributed by atoms with Gasteiger partial charge in [0, 0.05) is 18.7 Å². The topological polar surface area (TPSA) is 79.3 Å². The highest BCUT2D eigenvalue weighted by atomic mass is 16.5. The van der Waals surface area contributed by atoms with E-state index in [2.05, 4.69) is 13.8 Å². The number of carbonyl (C=O) groups is 2. The van der Waals surface area contributed by atoms with Crippen LogP contribution in [0.25, 0.3) is 5.76 Å². The van der Waals surface area contributed by atoms with Crippen LogP contribution in [0.5, 0.6) is 11.5 Å². The smallest absolute Gasteiger partial charge is 0.295 e. The van der Waals surface area contributed by atoms with Crippen molar-refractivity contribution in [1.29, 1.82) is 0 Å². The molecule has 0 bridgehead atoms. The van der Waals surface area contributed by atoms with Crippen LogP contribution in [0.2, 0.25) is 0 Å². The average Bonchev–Trinajstić information content (AvgIpc) is 3.06. The fourth-order valence-corrected chi connectivity index (χ4v) is 3.81. The molecule has 7 nitrogen and oxygen atoms in total. The molecule has 1 heterocycles. The van der Waals surface area contributed by atoms with Crippen LogP contribution < -0.4 is 9.47 Å². The van der Waals surface area contributed by atoms with E-state index in [4.69, 9.17) is 9.47 Å². The third kappa shape index (κ3) is 5.78. The molecule has 34 heavy (non-hydrogen) atoms. The highest BCUT2D eigenvalue weighted by Gasteiger charge is 2.45. The van der Waals surface area contributed by atoms with Gasteiger partial charge in [-0.05, 0) is 68.9 Å². The number of rotatable bonds is 10. The molecule has 182 valence electrons. The molecule has 7 heteroatoms. The summed E-state index contributed by atoms with van der Waals surface area (Å²) in [4.78, 5) is 29.6. The number of ketones is 1. The number of carbonyl (C=O) groups excluding carboxylic acids is 2. The zero-order valence-electron chi connectivity index (χ0n) is 20.6. The standard InChI is InChI=1S/C27H34N2O5/c1-6-33-21-11-7-19(8-12-21)24-23(26(31)27(32)29(24)16-15-28(4)5)25(30)20-9-13-22(14-10-20)34-17-18(2)3/h7-14,18,24,30H,6,15-17H2,1-5H3/b25-23+/t24-/m1/s1. The van der Waals surface area contributed by atoms with Gasteiger partial charge in [-0.1, -0.05) is 26.0 Å². The number of likely N-dealkylation sites (N-methyl/N-ethyl adjacent to an activating group) is 1. The third-order valence-electron chi connectivity index (χ3n) is 5.55. The molecule has 0 aromatic heterocycles. The third-order valence-corrected chi connectivity index (χ3v) is 5.55. The van der Waals surface area contributed by atoms with Crippen LogP contribution in [0.1, 0.15) is 37.9 Å². The Morgan fingerprint density at radius 3 is 2.15 bits per heavy atom. The summed E-state index contributed by atoms with van der Waals surface area (Å²) in [7, 11) is 3.82. The Balaban J connectivity index is 2.01. The molecule has 2 aromatic rings. The van der Waals surface area contributed by atoms with Crippen molar-refractivity contribution in [3.63, 3.8) is 0 Å². The number of likely N-dealkylation sites (tertiary alicyclic amines) is 1. The molecular formula is C27H34N2O5. The predicted molar refractivity (Wildman–Crippen MR) is 132 cm³/mol. The molecule has 1 aliphatic heterocycles. The largest absolute Gasteiger partial charge is 0.507 e. The molecule has 2 aromatic carbocycles. The Morgan fingerprint density at radius 1 is 1.00 bits per heavy atom. The van der Waals surface area contributed by atoms with Gasteiger partial charge < -0.3 is 24.4 Å². The summed E-state index contributed by atoms with van der Waals surface area (Å²) in [5, 5.41) is 11.2. The minimum atomic E-state index is -0.688. The van der Waals surface area contributed by atoms with Crippen molar-refractivity contribution in [2.75, 3.05) is 40.4 Å². The van der Waals surface area contributed by atoms with Gasteiger partial charge in [0.2, 0.25) is 0 Å². The Bertz CT molecular complexity index is 1030. The maximum atomic E-state index is 13.1. The molecule has 1 N–H and O–H groups in total. The van der Waals surface area contributed by atoms with Gasteiger partial charge in [0.1, 0.15) is 17.3 Å². The first-order valence-electron chi connectivity index (χ1n) is 11.6. The fourth-order valence-electron chi connectivity index (χ4n) is 3.81. The van der Waals surface area contributed by atoms with E-state index in [0.717, 1.165) is 5.56 Å². The van der Waals surface area contributed by atoms with Crippen LogP contribution in [0.3, 0.4) is 0 Å². The summed E-state index contributed by atoms with van der Waals surface area (Å²) >= 11 is 0. The summed E-state index contributed by atoms with van der Waals surface area (Å²) < 4.78 is 11.2. The second-order valence-electron chi connectivity index (χ2n) is 9.03. The van der Waals surface area contributed by atoms with Crippen molar-refractivity contribution in [2.24, 2.45) is 5.92 Å². The highest BCUT2D eigenvalue weighted by Crippen LogP contribution is 2.39. The van der Waals surface area contributed by atoms with Crippen LogP contribution in [-0.2, 0) is 9.59 Å². The Morgan fingerprint density at radius 2 is 1.59 bits per heavy atom. The molecule has 0 saturated carbocycles. The molecule has 0 radical (unpaired) electrons. The van der Waals surface area contributed by atoms with Crippen LogP contribution >= 0.6 is 0 Å². The molecule has 1 atom stereocenters. The van der Waals surface area contributed by atoms with Crippen molar-refractivity contribution < 1.29 is 24.2 Å². The van der Waals surface area contributed by atoms with Gasteiger partial charge in [-0.3, -0.25) is 9.59 Å². The number of Topliss-reactive ketones (excluding diaryl/α,β-unsaturated/α-hetero) is 1. The molecule has 0 spiro atoms. The quantitative estimate of drug-likeness (QED) is 0.323. The van der Waals surface area contributed by atoms with Gasteiger partial charge in [0.25, 0.3) is 11.7 Å². The predicted octanol–water partition coefficient (Wildman–Crippen LogP) is 4.10. The molecular weight excluding hydrogens is 432 g/mol. The molecule has 0 unspecified atom stereocenters. The molecule has 3 rings (SSSR count). The number of amides is 1. The van der Waals surface area contributed by atoms with E-state index in [-0.39, 0.29) is 11.3 Å². The number of aliphatic hydroxyl groups is 1. The van der Waals surface area contributed by atoms with Crippen molar-refractivity contribution in [2.45, 2.75) is 26.8 Å².